The van der Waals surface area contributed by atoms with E-state index in [4.69, 9.17) is 9.84 Å². The lowest BCUT2D eigenvalue weighted by Crippen LogP contribution is -2.29. The maximum atomic E-state index is 12.7. The molecule has 0 saturated carbocycles. The summed E-state index contributed by atoms with van der Waals surface area (Å²) in [5.74, 6) is -0.0344. The SMILES string of the molecule is O=C1OC(c2cc(Br)c(O)c(Br)c2)(c2cc(Br)c(O)c(Br)c2)c2ccccc21.Oc1ccccc1. The number of hydrogen-bond acceptors (Lipinski definition) is 5. The van der Waals surface area contributed by atoms with Gasteiger partial charge < -0.3 is 20.1 Å². The molecule has 5 nitrogen and oxygen atoms in total. The first-order chi connectivity index (χ1) is 16.6. The maximum absolute atomic E-state index is 12.7. The third-order valence-corrected chi connectivity index (χ3v) is 7.79. The third kappa shape index (κ3) is 4.87. The smallest absolute Gasteiger partial charge is 0.340 e. The minimum Gasteiger partial charge on any atom is -0.508 e. The quantitative estimate of drug-likeness (QED) is 0.182. The summed E-state index contributed by atoms with van der Waals surface area (Å²) in [6.07, 6.45) is 0. The number of halogens is 4. The van der Waals surface area contributed by atoms with E-state index in [-0.39, 0.29) is 11.5 Å². The minimum atomic E-state index is -1.26. The number of cyclic esters (lactones) is 1. The summed E-state index contributed by atoms with van der Waals surface area (Å²) in [6, 6.07) is 22.7. The van der Waals surface area contributed by atoms with Crippen LogP contribution in [0.15, 0.2) is 96.8 Å². The standard InChI is InChI=1S/C20H10Br4O4.C6H6O/c21-13-5-9(6-14(22)17(13)25)20(10-7-15(23)18(26)16(24)8-10)12-4-2-1-3-11(12)19(27)28-20;7-6-4-2-1-3-5-6/h1-8,25-26H;1-5,7H. The maximum Gasteiger partial charge on any atom is 0.340 e. The van der Waals surface area contributed by atoms with Crippen molar-refractivity contribution in [1.82, 2.24) is 0 Å². The van der Waals surface area contributed by atoms with Gasteiger partial charge in [-0.15, -0.1) is 0 Å². The van der Waals surface area contributed by atoms with E-state index in [0.29, 0.717) is 45.9 Å². The fourth-order valence-electron chi connectivity index (χ4n) is 3.78. The molecule has 3 N–H and O–H groups in total. The van der Waals surface area contributed by atoms with Gasteiger partial charge in [-0.1, -0.05) is 36.4 Å². The van der Waals surface area contributed by atoms with E-state index in [1.54, 1.807) is 60.7 Å². The Labute approximate surface area is 234 Å². The number of aromatic hydroxyl groups is 3. The van der Waals surface area contributed by atoms with Crippen molar-refractivity contribution in [2.45, 2.75) is 5.60 Å². The van der Waals surface area contributed by atoms with E-state index in [0.717, 1.165) is 0 Å². The van der Waals surface area contributed by atoms with Crippen molar-refractivity contribution in [2.24, 2.45) is 0 Å². The first-order valence-electron chi connectivity index (χ1n) is 10.1. The fraction of sp³-hybridized carbons (Fsp3) is 0.0385. The summed E-state index contributed by atoms with van der Waals surface area (Å²) in [5, 5.41) is 28.9. The molecule has 35 heavy (non-hydrogen) atoms. The van der Waals surface area contributed by atoms with Gasteiger partial charge in [0.25, 0.3) is 0 Å². The lowest BCUT2D eigenvalue weighted by molar-refractivity contribution is 0.0250. The Bertz CT molecular complexity index is 1320. The van der Waals surface area contributed by atoms with E-state index in [2.05, 4.69) is 63.7 Å². The molecule has 1 heterocycles. The zero-order chi connectivity index (χ0) is 25.3. The summed E-state index contributed by atoms with van der Waals surface area (Å²) in [4.78, 5) is 12.7. The van der Waals surface area contributed by atoms with Crippen LogP contribution < -0.4 is 0 Å². The van der Waals surface area contributed by atoms with Crippen molar-refractivity contribution in [1.29, 1.82) is 0 Å². The fourth-order valence-corrected chi connectivity index (χ4v) is 6.15. The second kappa shape index (κ2) is 10.3. The first-order valence-corrected chi connectivity index (χ1v) is 13.3. The number of carbonyl (C=O) groups excluding carboxylic acids is 1. The number of phenolic OH excluding ortho intramolecular Hbond substituents is 3. The van der Waals surface area contributed by atoms with Crippen LogP contribution in [0.25, 0.3) is 0 Å². The Morgan fingerprint density at radius 1 is 0.629 bits per heavy atom. The normalized spacial score (nSPS) is 13.4. The predicted octanol–water partition coefficient (Wildman–Crippen LogP) is 8.00. The molecule has 5 rings (SSSR count). The average molecular weight is 728 g/mol. The minimum absolute atomic E-state index is 0.0459. The Kier molecular flexibility index (Phi) is 7.61. The molecule has 4 aromatic carbocycles. The molecule has 1 aliphatic heterocycles. The van der Waals surface area contributed by atoms with E-state index in [1.807, 2.05) is 18.2 Å². The molecular formula is C26H16Br4O5. The van der Waals surface area contributed by atoms with Crippen LogP contribution in [0.4, 0.5) is 0 Å². The highest BCUT2D eigenvalue weighted by atomic mass is 79.9. The van der Waals surface area contributed by atoms with Gasteiger partial charge >= 0.3 is 5.97 Å². The molecule has 0 fully saturated rings. The van der Waals surface area contributed by atoms with Crippen LogP contribution in [-0.4, -0.2) is 21.3 Å². The summed E-state index contributed by atoms with van der Waals surface area (Å²) in [7, 11) is 0. The molecule has 0 spiro atoms. The van der Waals surface area contributed by atoms with E-state index >= 15 is 0 Å². The molecule has 0 unspecified atom stereocenters. The van der Waals surface area contributed by atoms with Gasteiger partial charge in [0.15, 0.2) is 5.60 Å². The van der Waals surface area contributed by atoms with Gasteiger partial charge in [0.1, 0.15) is 17.2 Å². The van der Waals surface area contributed by atoms with Gasteiger partial charge in [-0.3, -0.25) is 0 Å². The zero-order valence-corrected chi connectivity index (χ0v) is 24.0. The van der Waals surface area contributed by atoms with Crippen LogP contribution in [0.2, 0.25) is 0 Å². The predicted molar refractivity (Wildman–Crippen MR) is 147 cm³/mol. The van der Waals surface area contributed by atoms with Crippen LogP contribution in [0, 0.1) is 0 Å². The molecule has 9 heteroatoms. The number of phenols is 3. The summed E-state index contributed by atoms with van der Waals surface area (Å²) in [5.41, 5.74) is 1.14. The van der Waals surface area contributed by atoms with E-state index < -0.39 is 11.6 Å². The first kappa shape index (κ1) is 25.8. The van der Waals surface area contributed by atoms with Gasteiger partial charge in [-0.05, 0) is 106 Å². The topological polar surface area (TPSA) is 87.0 Å². The van der Waals surface area contributed by atoms with Crippen molar-refractivity contribution >= 4 is 69.7 Å². The Morgan fingerprint density at radius 3 is 1.49 bits per heavy atom. The van der Waals surface area contributed by atoms with Crippen LogP contribution in [0.3, 0.4) is 0 Å². The number of benzene rings is 4. The highest BCUT2D eigenvalue weighted by Gasteiger charge is 2.49. The zero-order valence-electron chi connectivity index (χ0n) is 17.7. The van der Waals surface area contributed by atoms with Crippen molar-refractivity contribution in [2.75, 3.05) is 0 Å². The molecule has 0 aliphatic carbocycles. The molecule has 0 aromatic heterocycles. The lowest BCUT2D eigenvalue weighted by Gasteiger charge is -2.31. The molecule has 4 aromatic rings. The van der Waals surface area contributed by atoms with Crippen LogP contribution in [0.1, 0.15) is 27.0 Å². The van der Waals surface area contributed by atoms with Gasteiger partial charge in [0.05, 0.1) is 23.5 Å². The number of esters is 1. The monoisotopic (exact) mass is 724 g/mol. The van der Waals surface area contributed by atoms with E-state index in [9.17, 15) is 15.0 Å². The molecular weight excluding hydrogens is 712 g/mol. The summed E-state index contributed by atoms with van der Waals surface area (Å²) < 4.78 is 7.82. The molecule has 0 amide bonds. The highest BCUT2D eigenvalue weighted by Crippen LogP contribution is 2.51. The number of ether oxygens (including phenoxy) is 1. The Morgan fingerprint density at radius 2 is 1.06 bits per heavy atom. The largest absolute Gasteiger partial charge is 0.508 e. The second-order valence-corrected chi connectivity index (χ2v) is 10.9. The number of para-hydroxylation sites is 1. The molecule has 0 atom stereocenters. The van der Waals surface area contributed by atoms with Crippen molar-refractivity contribution < 1.29 is 24.9 Å². The lowest BCUT2D eigenvalue weighted by atomic mass is 9.80. The number of carbonyl (C=O) groups is 1. The number of fused-ring (bicyclic) bond motifs is 1. The Balaban J connectivity index is 0.000000356. The van der Waals surface area contributed by atoms with Crippen LogP contribution >= 0.6 is 63.7 Å². The van der Waals surface area contributed by atoms with Crippen molar-refractivity contribution in [3.63, 3.8) is 0 Å². The van der Waals surface area contributed by atoms with Crippen molar-refractivity contribution in [3.05, 3.63) is 119 Å². The average Bonchev–Trinajstić information content (AvgIpc) is 3.15. The molecule has 0 bridgehead atoms. The van der Waals surface area contributed by atoms with Gasteiger partial charge in [-0.25, -0.2) is 4.79 Å². The molecule has 0 saturated heterocycles. The van der Waals surface area contributed by atoms with Gasteiger partial charge in [0, 0.05) is 16.7 Å². The number of rotatable bonds is 2. The molecule has 178 valence electrons. The van der Waals surface area contributed by atoms with Crippen molar-refractivity contribution in [3.8, 4) is 17.2 Å². The van der Waals surface area contributed by atoms with Crippen LogP contribution in [0.5, 0.6) is 17.2 Å². The third-order valence-electron chi connectivity index (χ3n) is 5.38. The summed E-state index contributed by atoms with van der Waals surface area (Å²) >= 11 is 13.4. The summed E-state index contributed by atoms with van der Waals surface area (Å²) in [6.45, 7) is 0. The second-order valence-electron chi connectivity index (χ2n) is 7.53. The highest BCUT2D eigenvalue weighted by molar-refractivity contribution is 9.11. The molecule has 0 radical (unpaired) electrons. The van der Waals surface area contributed by atoms with E-state index in [1.165, 1.54) is 0 Å². The molecule has 1 aliphatic rings. The van der Waals surface area contributed by atoms with Gasteiger partial charge in [0.2, 0.25) is 0 Å². The Hall–Kier alpha value is -2.33. The van der Waals surface area contributed by atoms with Gasteiger partial charge in [-0.2, -0.15) is 0 Å². The van der Waals surface area contributed by atoms with Crippen LogP contribution in [-0.2, 0) is 10.3 Å². The number of hydrogen-bond donors (Lipinski definition) is 3.